The molecule has 6 heteroatoms. The van der Waals surface area contributed by atoms with Gasteiger partial charge in [-0.15, -0.1) is 15.3 Å². The fourth-order valence-electron chi connectivity index (χ4n) is 3.77. The van der Waals surface area contributed by atoms with E-state index in [1.54, 1.807) is 0 Å². The van der Waals surface area contributed by atoms with Crippen LogP contribution in [-0.4, -0.2) is 46.1 Å². The van der Waals surface area contributed by atoms with E-state index in [1.165, 1.54) is 0 Å². The van der Waals surface area contributed by atoms with Crippen molar-refractivity contribution in [3.63, 3.8) is 0 Å². The van der Waals surface area contributed by atoms with Gasteiger partial charge < -0.3 is 9.64 Å². The first kappa shape index (κ1) is 15.3. The first-order chi connectivity index (χ1) is 11.7. The normalized spacial score (nSPS) is 21.5. The Balaban J connectivity index is 1.78. The van der Waals surface area contributed by atoms with Gasteiger partial charge in [0, 0.05) is 31.0 Å². The standard InChI is InChI=1S/C18H23N5O/c1-12-19-20-17-15-6-4-5-7-16(15)18(21-23(12)17)22(2)13-8-10-14(24-3)11-9-13/h4-7,13-14H,8-11H2,1-3H3. The fraction of sp³-hybridized carbons (Fsp3) is 0.500. The van der Waals surface area contributed by atoms with Gasteiger partial charge in [0.2, 0.25) is 0 Å². The molecule has 0 aliphatic heterocycles. The zero-order valence-corrected chi connectivity index (χ0v) is 14.4. The number of methoxy groups -OCH3 is 1. The van der Waals surface area contributed by atoms with Crippen LogP contribution in [0.3, 0.4) is 0 Å². The molecule has 1 saturated carbocycles. The summed E-state index contributed by atoms with van der Waals surface area (Å²) in [5.74, 6) is 1.82. The van der Waals surface area contributed by atoms with Crippen LogP contribution in [0.15, 0.2) is 24.3 Å². The number of hydrogen-bond acceptors (Lipinski definition) is 5. The smallest absolute Gasteiger partial charge is 0.185 e. The summed E-state index contributed by atoms with van der Waals surface area (Å²) < 4.78 is 7.36. The third-order valence-electron chi connectivity index (χ3n) is 5.26. The Bertz CT molecular complexity index is 866. The molecule has 1 aromatic carbocycles. The Morgan fingerprint density at radius 2 is 1.79 bits per heavy atom. The van der Waals surface area contributed by atoms with E-state index in [0.29, 0.717) is 12.1 Å². The van der Waals surface area contributed by atoms with Crippen molar-refractivity contribution in [1.29, 1.82) is 0 Å². The number of aromatic nitrogens is 4. The Hall–Kier alpha value is -2.21. The van der Waals surface area contributed by atoms with E-state index < -0.39 is 0 Å². The molecule has 0 atom stereocenters. The molecule has 6 nitrogen and oxygen atoms in total. The quantitative estimate of drug-likeness (QED) is 0.741. The molecular weight excluding hydrogens is 302 g/mol. The van der Waals surface area contributed by atoms with Crippen LogP contribution in [0, 0.1) is 6.92 Å². The summed E-state index contributed by atoms with van der Waals surface area (Å²) in [4.78, 5) is 2.33. The van der Waals surface area contributed by atoms with Crippen LogP contribution in [0.1, 0.15) is 31.5 Å². The summed E-state index contributed by atoms with van der Waals surface area (Å²) in [6.07, 6.45) is 4.88. The molecule has 3 aromatic rings. The van der Waals surface area contributed by atoms with E-state index in [0.717, 1.165) is 53.7 Å². The molecule has 2 heterocycles. The molecule has 0 saturated heterocycles. The number of anilines is 1. The Morgan fingerprint density at radius 3 is 2.50 bits per heavy atom. The first-order valence-corrected chi connectivity index (χ1v) is 8.55. The fourth-order valence-corrected chi connectivity index (χ4v) is 3.77. The highest BCUT2D eigenvalue weighted by Gasteiger charge is 2.26. The van der Waals surface area contributed by atoms with Crippen LogP contribution in [0.5, 0.6) is 0 Å². The molecule has 4 rings (SSSR count). The highest BCUT2D eigenvalue weighted by molar-refractivity contribution is 6.00. The maximum Gasteiger partial charge on any atom is 0.185 e. The molecule has 126 valence electrons. The topological polar surface area (TPSA) is 55.5 Å². The van der Waals surface area contributed by atoms with E-state index in [9.17, 15) is 0 Å². The highest BCUT2D eigenvalue weighted by Crippen LogP contribution is 2.32. The minimum Gasteiger partial charge on any atom is -0.381 e. The van der Waals surface area contributed by atoms with Crippen LogP contribution >= 0.6 is 0 Å². The summed E-state index contributed by atoms with van der Waals surface area (Å²) in [7, 11) is 3.96. The third kappa shape index (κ3) is 2.41. The van der Waals surface area contributed by atoms with Gasteiger partial charge in [0.25, 0.3) is 0 Å². The molecule has 0 spiro atoms. The lowest BCUT2D eigenvalue weighted by Crippen LogP contribution is -2.37. The second kappa shape index (κ2) is 6.02. The molecule has 24 heavy (non-hydrogen) atoms. The number of benzene rings is 1. The Morgan fingerprint density at radius 1 is 1.08 bits per heavy atom. The summed E-state index contributed by atoms with van der Waals surface area (Å²) >= 11 is 0. The predicted octanol–water partition coefficient (Wildman–Crippen LogP) is 2.98. The van der Waals surface area contributed by atoms with Gasteiger partial charge in [-0.05, 0) is 32.6 Å². The first-order valence-electron chi connectivity index (χ1n) is 8.55. The van der Waals surface area contributed by atoms with Gasteiger partial charge in [0.05, 0.1) is 6.10 Å². The minimum absolute atomic E-state index is 0.405. The maximum absolute atomic E-state index is 5.50. The van der Waals surface area contributed by atoms with Crippen molar-refractivity contribution >= 4 is 22.2 Å². The van der Waals surface area contributed by atoms with Gasteiger partial charge >= 0.3 is 0 Å². The Labute approximate surface area is 141 Å². The highest BCUT2D eigenvalue weighted by atomic mass is 16.5. The minimum atomic E-state index is 0.405. The van der Waals surface area contributed by atoms with E-state index in [1.807, 2.05) is 24.6 Å². The lowest BCUT2D eigenvalue weighted by atomic mass is 9.92. The summed E-state index contributed by atoms with van der Waals surface area (Å²) in [6, 6.07) is 8.81. The van der Waals surface area contributed by atoms with Gasteiger partial charge in [-0.2, -0.15) is 4.52 Å². The molecule has 0 unspecified atom stereocenters. The van der Waals surface area contributed by atoms with Crippen molar-refractivity contribution in [2.45, 2.75) is 44.8 Å². The van der Waals surface area contributed by atoms with Gasteiger partial charge in [-0.25, -0.2) is 0 Å². The van der Waals surface area contributed by atoms with Gasteiger partial charge in [-0.1, -0.05) is 24.3 Å². The second-order valence-corrected chi connectivity index (χ2v) is 6.63. The van der Waals surface area contributed by atoms with Crippen LogP contribution in [0.2, 0.25) is 0 Å². The molecule has 0 N–H and O–H groups in total. The van der Waals surface area contributed by atoms with Crippen molar-refractivity contribution in [2.75, 3.05) is 19.1 Å². The number of rotatable bonds is 3. The molecule has 0 radical (unpaired) electrons. The average Bonchev–Trinajstić information content (AvgIpc) is 3.02. The predicted molar refractivity (Wildman–Crippen MR) is 94.5 cm³/mol. The van der Waals surface area contributed by atoms with Crippen LogP contribution in [0.4, 0.5) is 5.82 Å². The number of ether oxygens (including phenoxy) is 1. The Kier molecular flexibility index (Phi) is 3.84. The SMILES string of the molecule is COC1CCC(N(C)c2nn3c(C)nnc3c3ccccc23)CC1. The zero-order chi connectivity index (χ0) is 16.7. The van der Waals surface area contributed by atoms with E-state index >= 15 is 0 Å². The van der Waals surface area contributed by atoms with Crippen molar-refractivity contribution in [1.82, 2.24) is 19.8 Å². The number of hydrogen-bond donors (Lipinski definition) is 0. The number of nitrogens with zero attached hydrogens (tertiary/aromatic N) is 5. The monoisotopic (exact) mass is 325 g/mol. The molecular formula is C18H23N5O. The van der Waals surface area contributed by atoms with Gasteiger partial charge in [0.1, 0.15) is 0 Å². The van der Waals surface area contributed by atoms with Crippen molar-refractivity contribution < 1.29 is 4.74 Å². The summed E-state index contributed by atoms with van der Waals surface area (Å²) in [6.45, 7) is 1.94. The largest absolute Gasteiger partial charge is 0.381 e. The second-order valence-electron chi connectivity index (χ2n) is 6.63. The third-order valence-corrected chi connectivity index (χ3v) is 5.26. The van der Waals surface area contributed by atoms with E-state index in [-0.39, 0.29) is 0 Å². The summed E-state index contributed by atoms with van der Waals surface area (Å²) in [5.41, 5.74) is 0.823. The van der Waals surface area contributed by atoms with Crippen LogP contribution < -0.4 is 4.90 Å². The molecule has 2 aromatic heterocycles. The van der Waals surface area contributed by atoms with E-state index in [2.05, 4.69) is 40.3 Å². The zero-order valence-electron chi connectivity index (χ0n) is 14.4. The molecule has 1 fully saturated rings. The molecule has 0 bridgehead atoms. The average molecular weight is 325 g/mol. The summed E-state index contributed by atoms with van der Waals surface area (Å²) in [5, 5.41) is 15.6. The molecule has 1 aliphatic rings. The van der Waals surface area contributed by atoms with Crippen LogP contribution in [-0.2, 0) is 4.74 Å². The van der Waals surface area contributed by atoms with Crippen LogP contribution in [0.25, 0.3) is 16.4 Å². The molecule has 1 aliphatic carbocycles. The lowest BCUT2D eigenvalue weighted by molar-refractivity contribution is 0.0659. The lowest BCUT2D eigenvalue weighted by Gasteiger charge is -2.35. The number of fused-ring (bicyclic) bond motifs is 3. The van der Waals surface area contributed by atoms with Crippen molar-refractivity contribution in [3.05, 3.63) is 30.1 Å². The van der Waals surface area contributed by atoms with Gasteiger partial charge in [-0.3, -0.25) is 0 Å². The van der Waals surface area contributed by atoms with Crippen molar-refractivity contribution in [2.24, 2.45) is 0 Å². The van der Waals surface area contributed by atoms with Gasteiger partial charge in [0.15, 0.2) is 17.3 Å². The molecule has 0 amide bonds. The number of aryl methyl sites for hydroxylation is 1. The maximum atomic E-state index is 5.50. The van der Waals surface area contributed by atoms with Crippen molar-refractivity contribution in [3.8, 4) is 0 Å². The van der Waals surface area contributed by atoms with E-state index in [4.69, 9.17) is 9.84 Å².